The highest BCUT2D eigenvalue weighted by molar-refractivity contribution is 9.10. The Hall–Kier alpha value is -1.03. The Balaban J connectivity index is 2.01. The quantitative estimate of drug-likeness (QED) is 0.883. The van der Waals surface area contributed by atoms with Crippen molar-refractivity contribution in [3.05, 3.63) is 22.7 Å². The number of fused-ring (bicyclic) bond motifs is 1. The van der Waals surface area contributed by atoms with E-state index in [1.165, 1.54) is 32.1 Å². The fourth-order valence-electron chi connectivity index (χ4n) is 3.35. The predicted molar refractivity (Wildman–Crippen MR) is 83.1 cm³/mol. The molecule has 2 N–H and O–H groups in total. The molecule has 1 fully saturated rings. The topological polar surface area (TPSA) is 43.8 Å². The zero-order valence-electron chi connectivity index (χ0n) is 11.3. The molecule has 1 aliphatic rings. The van der Waals surface area contributed by atoms with E-state index in [9.17, 15) is 0 Å². The van der Waals surface area contributed by atoms with E-state index in [1.807, 2.05) is 6.07 Å². The molecule has 0 saturated heterocycles. The van der Waals surface area contributed by atoms with Crippen molar-refractivity contribution in [1.29, 1.82) is 0 Å². The molecule has 0 bridgehead atoms. The summed E-state index contributed by atoms with van der Waals surface area (Å²) in [6.07, 6.45) is 6.73. The molecule has 1 aliphatic carbocycles. The van der Waals surface area contributed by atoms with Crippen molar-refractivity contribution in [2.45, 2.75) is 45.1 Å². The molecule has 1 unspecified atom stereocenters. The van der Waals surface area contributed by atoms with Gasteiger partial charge in [-0.05, 0) is 43.9 Å². The average molecular weight is 322 g/mol. The molecule has 3 rings (SSSR count). The molecule has 1 aromatic carbocycles. The molecule has 1 atom stereocenters. The summed E-state index contributed by atoms with van der Waals surface area (Å²) in [6.45, 7) is 2.29. The SMILES string of the molecule is CC(C1CCCCC1)n1c(N)nc2cc(Br)ccc21. The number of anilines is 1. The van der Waals surface area contributed by atoms with Gasteiger partial charge in [0.1, 0.15) is 0 Å². The zero-order chi connectivity index (χ0) is 13.4. The number of aromatic nitrogens is 2. The number of halogens is 1. The van der Waals surface area contributed by atoms with Gasteiger partial charge < -0.3 is 10.3 Å². The summed E-state index contributed by atoms with van der Waals surface area (Å²) in [4.78, 5) is 4.50. The van der Waals surface area contributed by atoms with Crippen LogP contribution >= 0.6 is 15.9 Å². The Morgan fingerprint density at radius 3 is 2.79 bits per heavy atom. The molecule has 4 heteroatoms. The molecular formula is C15H20BrN3. The van der Waals surface area contributed by atoms with Crippen molar-refractivity contribution in [1.82, 2.24) is 9.55 Å². The molecule has 102 valence electrons. The van der Waals surface area contributed by atoms with Crippen LogP contribution in [0, 0.1) is 5.92 Å². The van der Waals surface area contributed by atoms with E-state index >= 15 is 0 Å². The largest absolute Gasteiger partial charge is 0.369 e. The lowest BCUT2D eigenvalue weighted by molar-refractivity contribution is 0.269. The Morgan fingerprint density at radius 1 is 1.32 bits per heavy atom. The van der Waals surface area contributed by atoms with E-state index in [1.54, 1.807) is 0 Å². The maximum Gasteiger partial charge on any atom is 0.201 e. The van der Waals surface area contributed by atoms with Crippen molar-refractivity contribution in [2.24, 2.45) is 5.92 Å². The summed E-state index contributed by atoms with van der Waals surface area (Å²) in [7, 11) is 0. The third-order valence-corrected chi connectivity index (χ3v) is 4.91. The second kappa shape index (κ2) is 5.16. The number of rotatable bonds is 2. The van der Waals surface area contributed by atoms with Gasteiger partial charge in [-0.15, -0.1) is 0 Å². The van der Waals surface area contributed by atoms with E-state index in [4.69, 9.17) is 5.73 Å². The first-order valence-electron chi connectivity index (χ1n) is 7.10. The minimum Gasteiger partial charge on any atom is -0.369 e. The molecule has 1 heterocycles. The smallest absolute Gasteiger partial charge is 0.201 e. The Kier molecular flexibility index (Phi) is 3.52. The van der Waals surface area contributed by atoms with E-state index in [2.05, 4.69) is 44.5 Å². The van der Waals surface area contributed by atoms with Crippen LogP contribution in [0.3, 0.4) is 0 Å². The van der Waals surface area contributed by atoms with Crippen molar-refractivity contribution in [2.75, 3.05) is 5.73 Å². The highest BCUT2D eigenvalue weighted by Gasteiger charge is 2.24. The molecule has 0 amide bonds. The maximum absolute atomic E-state index is 6.15. The first-order chi connectivity index (χ1) is 9.16. The highest BCUT2D eigenvalue weighted by Crippen LogP contribution is 2.36. The molecule has 0 aliphatic heterocycles. The summed E-state index contributed by atoms with van der Waals surface area (Å²) in [5.74, 6) is 1.38. The summed E-state index contributed by atoms with van der Waals surface area (Å²) in [5, 5.41) is 0. The van der Waals surface area contributed by atoms with Crippen molar-refractivity contribution >= 4 is 32.9 Å². The van der Waals surface area contributed by atoms with Gasteiger partial charge in [-0.2, -0.15) is 0 Å². The number of nitrogens with two attached hydrogens (primary N) is 1. The van der Waals surface area contributed by atoms with E-state index in [0.29, 0.717) is 12.0 Å². The fourth-order valence-corrected chi connectivity index (χ4v) is 3.69. The van der Waals surface area contributed by atoms with Gasteiger partial charge >= 0.3 is 0 Å². The first kappa shape index (κ1) is 13.0. The fraction of sp³-hybridized carbons (Fsp3) is 0.533. The Labute approximate surface area is 122 Å². The average Bonchev–Trinajstić information content (AvgIpc) is 2.74. The van der Waals surface area contributed by atoms with Crippen molar-refractivity contribution < 1.29 is 0 Å². The van der Waals surface area contributed by atoms with Crippen LogP contribution in [0.4, 0.5) is 5.95 Å². The standard InChI is InChI=1S/C15H20BrN3/c1-10(11-5-3-2-4-6-11)19-14-8-7-12(16)9-13(14)18-15(19)17/h7-11H,2-6H2,1H3,(H2,17,18). The van der Waals surface area contributed by atoms with Gasteiger partial charge in [-0.3, -0.25) is 0 Å². The highest BCUT2D eigenvalue weighted by atomic mass is 79.9. The molecule has 0 spiro atoms. The van der Waals surface area contributed by atoms with Crippen molar-refractivity contribution in [3.8, 4) is 0 Å². The number of nitrogens with zero attached hydrogens (tertiary/aromatic N) is 2. The van der Waals surface area contributed by atoms with Crippen LogP contribution in [0.1, 0.15) is 45.1 Å². The molecule has 3 nitrogen and oxygen atoms in total. The van der Waals surface area contributed by atoms with Gasteiger partial charge in [-0.25, -0.2) is 4.98 Å². The summed E-state index contributed by atoms with van der Waals surface area (Å²) in [6, 6.07) is 6.65. The van der Waals surface area contributed by atoms with Gasteiger partial charge in [0.05, 0.1) is 11.0 Å². The summed E-state index contributed by atoms with van der Waals surface area (Å²) < 4.78 is 3.27. The Bertz CT molecular complexity index is 584. The van der Waals surface area contributed by atoms with E-state index < -0.39 is 0 Å². The lowest BCUT2D eigenvalue weighted by Crippen LogP contribution is -2.20. The third-order valence-electron chi connectivity index (χ3n) is 4.42. The van der Waals surface area contributed by atoms with Crippen LogP contribution in [-0.2, 0) is 0 Å². The minimum absolute atomic E-state index is 0.437. The molecular weight excluding hydrogens is 302 g/mol. The normalized spacial score (nSPS) is 18.8. The Morgan fingerprint density at radius 2 is 2.05 bits per heavy atom. The number of benzene rings is 1. The second-order valence-corrected chi connectivity index (χ2v) is 6.53. The van der Waals surface area contributed by atoms with E-state index in [0.717, 1.165) is 21.4 Å². The van der Waals surface area contributed by atoms with Crippen LogP contribution < -0.4 is 5.73 Å². The molecule has 1 aromatic heterocycles. The number of hydrogen-bond donors (Lipinski definition) is 1. The summed E-state index contributed by atoms with van der Waals surface area (Å²) in [5.41, 5.74) is 8.28. The minimum atomic E-state index is 0.437. The maximum atomic E-state index is 6.15. The number of hydrogen-bond acceptors (Lipinski definition) is 2. The van der Waals surface area contributed by atoms with Crippen LogP contribution in [-0.4, -0.2) is 9.55 Å². The summed E-state index contributed by atoms with van der Waals surface area (Å²) >= 11 is 3.49. The van der Waals surface area contributed by atoms with Crippen LogP contribution in [0.5, 0.6) is 0 Å². The number of nitrogen functional groups attached to an aromatic ring is 1. The van der Waals surface area contributed by atoms with Crippen LogP contribution in [0.15, 0.2) is 22.7 Å². The van der Waals surface area contributed by atoms with Gasteiger partial charge in [0.25, 0.3) is 0 Å². The van der Waals surface area contributed by atoms with E-state index in [-0.39, 0.29) is 0 Å². The lowest BCUT2D eigenvalue weighted by Gasteiger charge is -2.29. The van der Waals surface area contributed by atoms with Gasteiger partial charge in [0.2, 0.25) is 5.95 Å². The third kappa shape index (κ3) is 2.38. The van der Waals surface area contributed by atoms with Gasteiger partial charge in [-0.1, -0.05) is 35.2 Å². The molecule has 2 aromatic rings. The van der Waals surface area contributed by atoms with Crippen LogP contribution in [0.2, 0.25) is 0 Å². The molecule has 19 heavy (non-hydrogen) atoms. The first-order valence-corrected chi connectivity index (χ1v) is 7.89. The number of imidazole rings is 1. The lowest BCUT2D eigenvalue weighted by atomic mass is 9.84. The van der Waals surface area contributed by atoms with Crippen LogP contribution in [0.25, 0.3) is 11.0 Å². The predicted octanol–water partition coefficient (Wildman–Crippen LogP) is 4.52. The second-order valence-electron chi connectivity index (χ2n) is 5.61. The zero-order valence-corrected chi connectivity index (χ0v) is 12.9. The molecule has 1 saturated carbocycles. The monoisotopic (exact) mass is 321 g/mol. The van der Waals surface area contributed by atoms with Gasteiger partial charge in [0, 0.05) is 10.5 Å². The van der Waals surface area contributed by atoms with Gasteiger partial charge in [0.15, 0.2) is 0 Å². The molecule has 0 radical (unpaired) electrons. The van der Waals surface area contributed by atoms with Crippen molar-refractivity contribution in [3.63, 3.8) is 0 Å².